The molecule has 24 heavy (non-hydrogen) atoms. The zero-order chi connectivity index (χ0) is 17.5. The molecule has 0 radical (unpaired) electrons. The highest BCUT2D eigenvalue weighted by Crippen LogP contribution is 2.24. The molecule has 0 spiro atoms. The monoisotopic (exact) mass is 345 g/mol. The van der Waals surface area contributed by atoms with Gasteiger partial charge in [0.05, 0.1) is 13.4 Å². The summed E-state index contributed by atoms with van der Waals surface area (Å²) in [6.07, 6.45) is 1.19. The number of oxime groups is 1. The zero-order valence-corrected chi connectivity index (χ0v) is 13.9. The molecule has 0 heterocycles. The smallest absolute Gasteiger partial charge is 0.339 e. The van der Waals surface area contributed by atoms with Gasteiger partial charge >= 0.3 is 5.97 Å². The van der Waals surface area contributed by atoms with E-state index < -0.39 is 5.97 Å². The van der Waals surface area contributed by atoms with Crippen molar-refractivity contribution in [3.05, 3.63) is 76.5 Å². The molecule has 0 bridgehead atoms. The van der Waals surface area contributed by atoms with Crippen LogP contribution in [0.1, 0.15) is 16.7 Å². The molecule has 124 valence electrons. The highest BCUT2D eigenvalue weighted by atomic mass is 35.5. The van der Waals surface area contributed by atoms with E-state index in [4.69, 9.17) is 21.2 Å². The van der Waals surface area contributed by atoms with Gasteiger partial charge in [-0.25, -0.2) is 4.79 Å². The number of ether oxygens (including phenoxy) is 1. The van der Waals surface area contributed by atoms with E-state index >= 15 is 0 Å². The molecule has 1 N–H and O–H groups in total. The predicted molar refractivity (Wildman–Crippen MR) is 93.2 cm³/mol. The molecular weight excluding hydrogens is 330 g/mol. The van der Waals surface area contributed by atoms with Crippen molar-refractivity contribution in [2.24, 2.45) is 5.16 Å². The molecule has 0 fully saturated rings. The van der Waals surface area contributed by atoms with Crippen molar-refractivity contribution >= 4 is 28.9 Å². The first kappa shape index (κ1) is 17.6. The second-order valence-corrected chi connectivity index (χ2v) is 5.18. The van der Waals surface area contributed by atoms with Crippen molar-refractivity contribution in [2.45, 2.75) is 0 Å². The van der Waals surface area contributed by atoms with E-state index in [1.807, 2.05) is 0 Å². The number of aliphatic carboxylic acids is 1. The standard InChI is InChI=1S/C18H16ClNO4/c1-23-11-16(18(21)22)14-5-3-4-6-15(14)17(20-24-2)12-7-9-13(19)10-8-12/h3-11H,1-2H3,(H,21,22)/b16-11+,20-17?. The lowest BCUT2D eigenvalue weighted by atomic mass is 9.93. The molecule has 0 saturated heterocycles. The number of hydrogen-bond donors (Lipinski definition) is 1. The van der Waals surface area contributed by atoms with Gasteiger partial charge in [0.1, 0.15) is 18.4 Å². The highest BCUT2D eigenvalue weighted by molar-refractivity contribution is 6.30. The number of nitrogens with zero attached hydrogens (tertiary/aromatic N) is 1. The Morgan fingerprint density at radius 1 is 1.08 bits per heavy atom. The molecule has 2 aromatic carbocycles. The van der Waals surface area contributed by atoms with Crippen LogP contribution in [-0.4, -0.2) is 31.0 Å². The van der Waals surface area contributed by atoms with Crippen LogP contribution in [0.4, 0.5) is 0 Å². The third kappa shape index (κ3) is 3.94. The zero-order valence-electron chi connectivity index (χ0n) is 13.2. The summed E-state index contributed by atoms with van der Waals surface area (Å²) in [6, 6.07) is 14.0. The molecule has 0 aliphatic rings. The summed E-state index contributed by atoms with van der Waals surface area (Å²) >= 11 is 5.93. The van der Waals surface area contributed by atoms with E-state index in [1.165, 1.54) is 20.5 Å². The Balaban J connectivity index is 2.65. The number of halogens is 1. The van der Waals surface area contributed by atoms with Crippen molar-refractivity contribution in [3.63, 3.8) is 0 Å². The van der Waals surface area contributed by atoms with Crippen LogP contribution in [0.15, 0.2) is 59.9 Å². The largest absolute Gasteiger partial charge is 0.503 e. The van der Waals surface area contributed by atoms with Gasteiger partial charge < -0.3 is 14.7 Å². The molecular formula is C18H16ClNO4. The highest BCUT2D eigenvalue weighted by Gasteiger charge is 2.19. The van der Waals surface area contributed by atoms with E-state index in [2.05, 4.69) is 5.16 Å². The number of rotatable bonds is 6. The topological polar surface area (TPSA) is 68.1 Å². The molecule has 2 aromatic rings. The van der Waals surface area contributed by atoms with E-state index in [1.54, 1.807) is 48.5 Å². The molecule has 0 atom stereocenters. The number of carboxylic acids is 1. The molecule has 0 saturated carbocycles. The van der Waals surface area contributed by atoms with Crippen molar-refractivity contribution in [2.75, 3.05) is 14.2 Å². The summed E-state index contributed by atoms with van der Waals surface area (Å²) in [7, 11) is 2.83. The second-order valence-electron chi connectivity index (χ2n) is 4.75. The van der Waals surface area contributed by atoms with Crippen LogP contribution in [0, 0.1) is 0 Å². The van der Waals surface area contributed by atoms with Crippen LogP contribution in [0.3, 0.4) is 0 Å². The van der Waals surface area contributed by atoms with Crippen molar-refractivity contribution in [1.29, 1.82) is 0 Å². The van der Waals surface area contributed by atoms with Crippen LogP contribution < -0.4 is 0 Å². The fraction of sp³-hybridized carbons (Fsp3) is 0.111. The van der Waals surface area contributed by atoms with E-state index in [0.717, 1.165) is 5.56 Å². The normalized spacial score (nSPS) is 12.0. The minimum atomic E-state index is -1.10. The van der Waals surface area contributed by atoms with E-state index in [0.29, 0.717) is 21.9 Å². The van der Waals surface area contributed by atoms with Gasteiger partial charge in [0.15, 0.2) is 0 Å². The van der Waals surface area contributed by atoms with Crippen LogP contribution in [-0.2, 0) is 14.4 Å². The number of carboxylic acid groups (broad SMARTS) is 1. The van der Waals surface area contributed by atoms with Gasteiger partial charge in [-0.3, -0.25) is 0 Å². The van der Waals surface area contributed by atoms with Gasteiger partial charge in [-0.15, -0.1) is 0 Å². The lowest BCUT2D eigenvalue weighted by Gasteiger charge is -2.12. The van der Waals surface area contributed by atoms with Gasteiger partial charge in [-0.05, 0) is 12.1 Å². The Morgan fingerprint density at radius 3 is 2.25 bits per heavy atom. The maximum Gasteiger partial charge on any atom is 0.339 e. The molecule has 0 aromatic heterocycles. The lowest BCUT2D eigenvalue weighted by molar-refractivity contribution is -0.130. The van der Waals surface area contributed by atoms with Crippen LogP contribution in [0.25, 0.3) is 5.57 Å². The van der Waals surface area contributed by atoms with Gasteiger partial charge in [-0.1, -0.05) is 53.2 Å². The number of methoxy groups -OCH3 is 1. The summed E-state index contributed by atoms with van der Waals surface area (Å²) in [6.45, 7) is 0. The first-order valence-electron chi connectivity index (χ1n) is 7.01. The van der Waals surface area contributed by atoms with E-state index in [-0.39, 0.29) is 5.57 Å². The SMILES string of the molecule is CO/C=C(/C(=O)O)c1ccccc1C(=NOC)c1ccc(Cl)cc1. The minimum Gasteiger partial charge on any atom is -0.503 e. The fourth-order valence-corrected chi connectivity index (χ4v) is 2.35. The van der Waals surface area contributed by atoms with Gasteiger partial charge in [-0.2, -0.15) is 0 Å². The maximum absolute atomic E-state index is 11.6. The summed E-state index contributed by atoms with van der Waals surface area (Å²) in [4.78, 5) is 16.5. The first-order chi connectivity index (χ1) is 11.6. The molecule has 0 unspecified atom stereocenters. The first-order valence-corrected chi connectivity index (χ1v) is 7.39. The van der Waals surface area contributed by atoms with Crippen molar-refractivity contribution in [1.82, 2.24) is 0 Å². The van der Waals surface area contributed by atoms with Gasteiger partial charge in [0.2, 0.25) is 0 Å². The molecule has 5 nitrogen and oxygen atoms in total. The number of hydrogen-bond acceptors (Lipinski definition) is 4. The average molecular weight is 346 g/mol. The fourth-order valence-electron chi connectivity index (χ4n) is 2.23. The molecule has 0 amide bonds. The predicted octanol–water partition coefficient (Wildman–Crippen LogP) is 3.81. The summed E-state index contributed by atoms with van der Waals surface area (Å²) < 4.78 is 4.90. The number of carbonyl (C=O) groups is 1. The maximum atomic E-state index is 11.6. The lowest BCUT2D eigenvalue weighted by Crippen LogP contribution is -2.10. The van der Waals surface area contributed by atoms with Crippen LogP contribution in [0.2, 0.25) is 5.02 Å². The van der Waals surface area contributed by atoms with Crippen LogP contribution in [0.5, 0.6) is 0 Å². The summed E-state index contributed by atoms with van der Waals surface area (Å²) in [5, 5.41) is 14.1. The minimum absolute atomic E-state index is 0.0193. The Bertz CT molecular complexity index is 782. The Kier molecular flexibility index (Phi) is 5.98. The molecule has 2 rings (SSSR count). The summed E-state index contributed by atoms with van der Waals surface area (Å²) in [5.41, 5.74) is 2.33. The van der Waals surface area contributed by atoms with Crippen molar-refractivity contribution < 1.29 is 19.5 Å². The Morgan fingerprint density at radius 2 is 1.71 bits per heavy atom. The van der Waals surface area contributed by atoms with E-state index in [9.17, 15) is 9.90 Å². The second kappa shape index (κ2) is 8.17. The van der Waals surface area contributed by atoms with Gasteiger partial charge in [0.25, 0.3) is 0 Å². The molecule has 0 aliphatic heterocycles. The third-order valence-corrected chi connectivity index (χ3v) is 3.49. The quantitative estimate of drug-likeness (QED) is 0.374. The van der Waals surface area contributed by atoms with Gasteiger partial charge in [0, 0.05) is 21.7 Å². The van der Waals surface area contributed by atoms with Crippen LogP contribution >= 0.6 is 11.6 Å². The Labute approximate surface area is 144 Å². The number of benzene rings is 2. The average Bonchev–Trinajstić information content (AvgIpc) is 2.58. The molecule has 0 aliphatic carbocycles. The Hall–Kier alpha value is -2.79. The molecule has 6 heteroatoms. The third-order valence-electron chi connectivity index (χ3n) is 3.24. The van der Waals surface area contributed by atoms with Crippen molar-refractivity contribution in [3.8, 4) is 0 Å². The summed E-state index contributed by atoms with van der Waals surface area (Å²) in [5.74, 6) is -1.10.